The average molecular weight is 501 g/mol. The lowest BCUT2D eigenvalue weighted by Gasteiger charge is -2.44. The summed E-state index contributed by atoms with van der Waals surface area (Å²) in [5.41, 5.74) is -0.0467. The van der Waals surface area contributed by atoms with Gasteiger partial charge >= 0.3 is 12.1 Å². The van der Waals surface area contributed by atoms with Crippen LogP contribution in [-0.4, -0.2) is 35.3 Å². The molecule has 1 fully saturated rings. The van der Waals surface area contributed by atoms with Gasteiger partial charge in [0, 0.05) is 12.1 Å². The van der Waals surface area contributed by atoms with Crippen molar-refractivity contribution in [3.8, 4) is 0 Å². The van der Waals surface area contributed by atoms with E-state index in [1.165, 1.54) is 19.2 Å². The van der Waals surface area contributed by atoms with Gasteiger partial charge in [-0.05, 0) is 66.8 Å². The van der Waals surface area contributed by atoms with Gasteiger partial charge < -0.3 is 9.64 Å². The number of methoxy groups -OCH3 is 1. The van der Waals surface area contributed by atoms with E-state index in [4.69, 9.17) is 9.73 Å². The van der Waals surface area contributed by atoms with Crippen LogP contribution in [-0.2, 0) is 22.3 Å². The molecule has 2 aliphatic rings. The standard InChI is InChI=1S/C28H31F3N2O3/c1-26(2,3)21-12-14-27(15-13-21)32-23(20-6-5-7-22(16-20)28(29,30)31)24(34)33(27)17-18-8-10-19(11-9-18)25(35)36-4/h5-11,16,21H,12-15,17H2,1-4H3. The highest BCUT2D eigenvalue weighted by Crippen LogP contribution is 2.47. The summed E-state index contributed by atoms with van der Waals surface area (Å²) < 4.78 is 44.8. The molecule has 36 heavy (non-hydrogen) atoms. The van der Waals surface area contributed by atoms with E-state index in [1.54, 1.807) is 29.2 Å². The Labute approximate surface area is 209 Å². The summed E-state index contributed by atoms with van der Waals surface area (Å²) in [7, 11) is 1.31. The SMILES string of the molecule is COC(=O)c1ccc(CN2C(=O)C(c3cccc(C(F)(F)F)c3)=NC23CCC(C(C)(C)C)CC3)cc1. The molecule has 0 atom stereocenters. The van der Waals surface area contributed by atoms with Gasteiger partial charge in [-0.25, -0.2) is 4.79 Å². The summed E-state index contributed by atoms with van der Waals surface area (Å²) in [5.74, 6) is -0.362. The van der Waals surface area contributed by atoms with Crippen LogP contribution in [0, 0.1) is 11.3 Å². The molecule has 4 rings (SSSR count). The van der Waals surface area contributed by atoms with E-state index in [2.05, 4.69) is 20.8 Å². The summed E-state index contributed by atoms with van der Waals surface area (Å²) >= 11 is 0. The normalized spacial score (nSPS) is 22.6. The van der Waals surface area contributed by atoms with Crippen molar-refractivity contribution in [2.75, 3.05) is 7.11 Å². The second kappa shape index (κ2) is 9.37. The van der Waals surface area contributed by atoms with Crippen molar-refractivity contribution in [2.24, 2.45) is 16.3 Å². The van der Waals surface area contributed by atoms with Crippen molar-refractivity contribution in [3.05, 3.63) is 70.8 Å². The Morgan fingerprint density at radius 3 is 2.28 bits per heavy atom. The maximum Gasteiger partial charge on any atom is 0.416 e. The number of aliphatic imine (C=N–C) groups is 1. The highest BCUT2D eigenvalue weighted by atomic mass is 19.4. The van der Waals surface area contributed by atoms with Crippen molar-refractivity contribution in [1.82, 2.24) is 4.90 Å². The van der Waals surface area contributed by atoms with Crippen LogP contribution in [0.4, 0.5) is 13.2 Å². The molecule has 1 aliphatic carbocycles. The molecule has 0 unspecified atom stereocenters. The minimum Gasteiger partial charge on any atom is -0.465 e. The zero-order chi connectivity index (χ0) is 26.3. The molecule has 8 heteroatoms. The number of carbonyl (C=O) groups is 2. The fourth-order valence-electron chi connectivity index (χ4n) is 5.26. The second-order valence-corrected chi connectivity index (χ2v) is 10.7. The van der Waals surface area contributed by atoms with E-state index in [0.717, 1.165) is 30.5 Å². The number of benzene rings is 2. The third-order valence-corrected chi connectivity index (χ3v) is 7.46. The summed E-state index contributed by atoms with van der Waals surface area (Å²) in [5, 5.41) is 0. The molecule has 0 radical (unpaired) electrons. The largest absolute Gasteiger partial charge is 0.465 e. The van der Waals surface area contributed by atoms with E-state index in [9.17, 15) is 22.8 Å². The lowest BCUT2D eigenvalue weighted by Crippen LogP contribution is -2.49. The number of amides is 1. The fourth-order valence-corrected chi connectivity index (χ4v) is 5.26. The number of carbonyl (C=O) groups excluding carboxylic acids is 2. The first-order chi connectivity index (χ1) is 16.8. The third kappa shape index (κ3) is 5.04. The van der Waals surface area contributed by atoms with Gasteiger partial charge in [0.15, 0.2) is 0 Å². The monoisotopic (exact) mass is 500 g/mol. The Hall–Kier alpha value is -3.16. The summed E-state index contributed by atoms with van der Waals surface area (Å²) in [6.07, 6.45) is -1.49. The molecule has 0 saturated heterocycles. The minimum absolute atomic E-state index is 0.0708. The first-order valence-electron chi connectivity index (χ1n) is 12.1. The smallest absolute Gasteiger partial charge is 0.416 e. The van der Waals surface area contributed by atoms with Gasteiger partial charge in [0.2, 0.25) is 0 Å². The molecule has 1 saturated carbocycles. The van der Waals surface area contributed by atoms with E-state index in [-0.39, 0.29) is 29.1 Å². The Morgan fingerprint density at radius 1 is 1.08 bits per heavy atom. The topological polar surface area (TPSA) is 59.0 Å². The van der Waals surface area contributed by atoms with Gasteiger partial charge in [0.05, 0.1) is 18.2 Å². The van der Waals surface area contributed by atoms with E-state index < -0.39 is 23.4 Å². The van der Waals surface area contributed by atoms with Crippen LogP contribution in [0.3, 0.4) is 0 Å². The molecule has 0 N–H and O–H groups in total. The number of rotatable bonds is 4. The Kier molecular flexibility index (Phi) is 6.75. The lowest BCUT2D eigenvalue weighted by atomic mass is 9.69. The maximum atomic E-state index is 13.7. The van der Waals surface area contributed by atoms with Gasteiger partial charge in [-0.1, -0.05) is 45.0 Å². The highest BCUT2D eigenvalue weighted by Gasteiger charge is 2.50. The molecule has 2 aromatic rings. The lowest BCUT2D eigenvalue weighted by molar-refractivity contribution is -0.137. The predicted octanol–water partition coefficient (Wildman–Crippen LogP) is 6.26. The number of nitrogens with zero attached hydrogens (tertiary/aromatic N) is 2. The van der Waals surface area contributed by atoms with Crippen LogP contribution in [0.15, 0.2) is 53.5 Å². The van der Waals surface area contributed by atoms with Crippen LogP contribution in [0.2, 0.25) is 0 Å². The molecule has 0 bridgehead atoms. The summed E-state index contributed by atoms with van der Waals surface area (Å²) in [6.45, 7) is 6.85. The quantitative estimate of drug-likeness (QED) is 0.466. The molecule has 192 valence electrons. The van der Waals surface area contributed by atoms with Crippen molar-refractivity contribution < 1.29 is 27.5 Å². The zero-order valence-electron chi connectivity index (χ0n) is 21.0. The molecule has 1 heterocycles. The van der Waals surface area contributed by atoms with Gasteiger partial charge in [-0.2, -0.15) is 13.2 Å². The van der Waals surface area contributed by atoms with E-state index >= 15 is 0 Å². The van der Waals surface area contributed by atoms with E-state index in [0.29, 0.717) is 24.3 Å². The highest BCUT2D eigenvalue weighted by molar-refractivity contribution is 6.46. The van der Waals surface area contributed by atoms with Gasteiger partial charge in [0.25, 0.3) is 5.91 Å². The van der Waals surface area contributed by atoms with Crippen molar-refractivity contribution in [2.45, 2.75) is 64.8 Å². The summed E-state index contributed by atoms with van der Waals surface area (Å²) in [4.78, 5) is 32.0. The number of alkyl halides is 3. The van der Waals surface area contributed by atoms with Crippen LogP contribution in [0.1, 0.15) is 73.5 Å². The first kappa shape index (κ1) is 25.9. The van der Waals surface area contributed by atoms with Gasteiger partial charge in [0.1, 0.15) is 11.4 Å². The number of hydrogen-bond donors (Lipinski definition) is 0. The maximum absolute atomic E-state index is 13.7. The summed E-state index contributed by atoms with van der Waals surface area (Å²) in [6, 6.07) is 11.6. The van der Waals surface area contributed by atoms with Crippen LogP contribution < -0.4 is 0 Å². The molecule has 1 aliphatic heterocycles. The number of hydrogen-bond acceptors (Lipinski definition) is 4. The molecular weight excluding hydrogens is 469 g/mol. The number of halogens is 3. The van der Waals surface area contributed by atoms with Crippen molar-refractivity contribution >= 4 is 17.6 Å². The molecular formula is C28H31F3N2O3. The molecule has 0 aromatic heterocycles. The average Bonchev–Trinajstić information content (AvgIpc) is 3.09. The zero-order valence-corrected chi connectivity index (χ0v) is 21.0. The molecule has 1 amide bonds. The fraction of sp³-hybridized carbons (Fsp3) is 0.464. The Morgan fingerprint density at radius 2 is 1.72 bits per heavy atom. The van der Waals surface area contributed by atoms with Crippen molar-refractivity contribution in [3.63, 3.8) is 0 Å². The Bertz CT molecular complexity index is 1170. The van der Waals surface area contributed by atoms with E-state index in [1.807, 2.05) is 0 Å². The van der Waals surface area contributed by atoms with Crippen LogP contribution >= 0.6 is 0 Å². The molecule has 2 aromatic carbocycles. The minimum atomic E-state index is -4.51. The Balaban J connectivity index is 1.68. The predicted molar refractivity (Wildman–Crippen MR) is 130 cm³/mol. The van der Waals surface area contributed by atoms with Gasteiger partial charge in [-0.3, -0.25) is 9.79 Å². The van der Waals surface area contributed by atoms with Crippen molar-refractivity contribution in [1.29, 1.82) is 0 Å². The van der Waals surface area contributed by atoms with Crippen LogP contribution in [0.25, 0.3) is 0 Å². The number of ether oxygens (including phenoxy) is 1. The molecule has 5 nitrogen and oxygen atoms in total. The third-order valence-electron chi connectivity index (χ3n) is 7.46. The van der Waals surface area contributed by atoms with Crippen LogP contribution in [0.5, 0.6) is 0 Å². The molecule has 1 spiro atoms. The first-order valence-corrected chi connectivity index (χ1v) is 12.1. The second-order valence-electron chi connectivity index (χ2n) is 10.7. The number of esters is 1. The van der Waals surface area contributed by atoms with Gasteiger partial charge in [-0.15, -0.1) is 0 Å².